The molecule has 238 valence electrons. The number of thiophene rings is 2. The lowest BCUT2D eigenvalue weighted by Gasteiger charge is -2.26. The molecule has 6 nitrogen and oxygen atoms in total. The Kier molecular flexibility index (Phi) is 12.0. The van der Waals surface area contributed by atoms with Crippen molar-refractivity contribution in [2.45, 2.75) is 72.6 Å². The van der Waals surface area contributed by atoms with Gasteiger partial charge in [0.2, 0.25) is 0 Å². The Hall–Kier alpha value is -1.96. The Balaban J connectivity index is 1.50. The van der Waals surface area contributed by atoms with Gasteiger partial charge in [0.05, 0.1) is 29.6 Å². The highest BCUT2D eigenvalue weighted by Crippen LogP contribution is 2.45. The molecule has 0 aliphatic heterocycles. The van der Waals surface area contributed by atoms with E-state index < -0.39 is 20.0 Å². The highest BCUT2D eigenvalue weighted by molar-refractivity contribution is 8.77. The largest absolute Gasteiger partial charge is 0.266 e. The number of rotatable bonds is 15. The Morgan fingerprint density at radius 3 is 1.25 bits per heavy atom. The minimum atomic E-state index is -3.76. The van der Waals surface area contributed by atoms with Gasteiger partial charge in [0.15, 0.2) is 0 Å². The monoisotopic (exact) mass is 708 g/mol. The quantitative estimate of drug-likeness (QED) is 0.115. The number of hydrogen-bond acceptors (Lipinski definition) is 8. The molecule has 0 saturated carbocycles. The number of hydrogen-bond donors (Lipinski definition) is 0. The predicted molar refractivity (Wildman–Crippen MR) is 191 cm³/mol. The number of sulfonamides is 2. The van der Waals surface area contributed by atoms with E-state index in [9.17, 15) is 16.8 Å². The number of benzene rings is 2. The topological polar surface area (TPSA) is 74.8 Å². The van der Waals surface area contributed by atoms with Crippen molar-refractivity contribution in [1.82, 2.24) is 0 Å². The van der Waals surface area contributed by atoms with Crippen molar-refractivity contribution in [3.8, 4) is 0 Å². The molecule has 0 fully saturated rings. The molecule has 0 unspecified atom stereocenters. The van der Waals surface area contributed by atoms with Gasteiger partial charge in [-0.3, -0.25) is 8.61 Å². The first-order valence-corrected chi connectivity index (χ1v) is 21.4. The maximum absolute atomic E-state index is 13.8. The lowest BCUT2D eigenvalue weighted by molar-refractivity contribution is 0.577. The Bertz CT molecular complexity index is 1600. The summed E-state index contributed by atoms with van der Waals surface area (Å²) in [6, 6.07) is 18.8. The minimum absolute atomic E-state index is 0.148. The third-order valence-electron chi connectivity index (χ3n) is 6.81. The van der Waals surface area contributed by atoms with Gasteiger partial charge in [-0.05, 0) is 93.8 Å². The average Bonchev–Trinajstić information content (AvgIpc) is 3.68. The van der Waals surface area contributed by atoms with Crippen LogP contribution < -0.4 is 8.61 Å². The molecule has 0 bridgehead atoms. The van der Waals surface area contributed by atoms with Crippen LogP contribution in [-0.4, -0.2) is 29.9 Å². The molecule has 2 heterocycles. The van der Waals surface area contributed by atoms with E-state index in [1.165, 1.54) is 52.9 Å². The van der Waals surface area contributed by atoms with Crippen LogP contribution in [0.3, 0.4) is 0 Å². The van der Waals surface area contributed by atoms with Crippen LogP contribution in [0.25, 0.3) is 0 Å². The fourth-order valence-corrected chi connectivity index (χ4v) is 13.0. The normalized spacial score (nSPS) is 12.3. The van der Waals surface area contributed by atoms with E-state index >= 15 is 0 Å². The van der Waals surface area contributed by atoms with E-state index in [2.05, 4.69) is 13.8 Å². The van der Waals surface area contributed by atoms with Gasteiger partial charge in [-0.1, -0.05) is 65.8 Å². The van der Waals surface area contributed by atoms with E-state index in [0.29, 0.717) is 24.5 Å². The van der Waals surface area contributed by atoms with Gasteiger partial charge in [-0.15, -0.1) is 22.7 Å². The molecule has 4 rings (SSSR count). The maximum atomic E-state index is 13.8. The van der Waals surface area contributed by atoms with Gasteiger partial charge < -0.3 is 0 Å². The molecule has 0 amide bonds. The molecule has 0 saturated heterocycles. The Morgan fingerprint density at radius 1 is 0.614 bits per heavy atom. The van der Waals surface area contributed by atoms with Crippen molar-refractivity contribution in [3.05, 3.63) is 82.6 Å². The Labute approximate surface area is 279 Å². The fraction of sp³-hybridized carbons (Fsp3) is 0.375. The van der Waals surface area contributed by atoms with E-state index in [1.807, 2.05) is 76.2 Å². The van der Waals surface area contributed by atoms with Crippen LogP contribution in [0.4, 0.5) is 11.4 Å². The second-order valence-corrected chi connectivity index (χ2v) is 19.5. The lowest BCUT2D eigenvalue weighted by atomic mass is 10.1. The van der Waals surface area contributed by atoms with Gasteiger partial charge >= 0.3 is 0 Å². The minimum Gasteiger partial charge on any atom is -0.266 e. The zero-order chi connectivity index (χ0) is 32.1. The summed E-state index contributed by atoms with van der Waals surface area (Å²) in [7, 11) is -4.65. The van der Waals surface area contributed by atoms with Crippen LogP contribution in [0, 0.1) is 11.8 Å². The second kappa shape index (κ2) is 15.1. The molecule has 2 aromatic heterocycles. The molecule has 2 aromatic carbocycles. The molecular formula is C32H40N2O4S6. The standard InChI is InChI=1S/C32H40N2O4S6/c1-7-25-9-13-27(14-10-25)33(19-23(3)4)43(35,36)29-17-31(39-21-29)41-42-32-18-30(22-40-32)44(37,38)34(20-24(5)6)28-15-11-26(8-2)12-16-28/h9-18,21-24H,7-8,19-20H2,1-6H3. The zero-order valence-corrected chi connectivity index (χ0v) is 30.8. The molecular weight excluding hydrogens is 669 g/mol. The molecule has 4 aromatic rings. The van der Waals surface area contributed by atoms with Crippen LogP contribution in [0.2, 0.25) is 0 Å². The fourth-order valence-electron chi connectivity index (χ4n) is 4.44. The molecule has 0 N–H and O–H groups in total. The first-order valence-electron chi connectivity index (χ1n) is 14.6. The van der Waals surface area contributed by atoms with Gasteiger partial charge in [0, 0.05) is 23.8 Å². The first-order chi connectivity index (χ1) is 20.8. The van der Waals surface area contributed by atoms with Crippen molar-refractivity contribution < 1.29 is 16.8 Å². The van der Waals surface area contributed by atoms with Crippen LogP contribution >= 0.6 is 44.3 Å². The van der Waals surface area contributed by atoms with Crippen molar-refractivity contribution in [2.75, 3.05) is 21.7 Å². The highest BCUT2D eigenvalue weighted by Gasteiger charge is 2.29. The molecule has 44 heavy (non-hydrogen) atoms. The van der Waals surface area contributed by atoms with E-state index in [0.717, 1.165) is 32.4 Å². The van der Waals surface area contributed by atoms with Crippen molar-refractivity contribution in [3.63, 3.8) is 0 Å². The van der Waals surface area contributed by atoms with Gasteiger partial charge in [-0.2, -0.15) is 0 Å². The van der Waals surface area contributed by atoms with Crippen LogP contribution in [0.1, 0.15) is 52.7 Å². The van der Waals surface area contributed by atoms with Crippen molar-refractivity contribution >= 4 is 75.7 Å². The van der Waals surface area contributed by atoms with Gasteiger partial charge in [-0.25, -0.2) is 16.8 Å². The summed E-state index contributed by atoms with van der Waals surface area (Å²) >= 11 is 2.74. The molecule has 0 spiro atoms. The summed E-state index contributed by atoms with van der Waals surface area (Å²) in [4.78, 5) is 0.525. The van der Waals surface area contributed by atoms with E-state index in [1.54, 1.807) is 22.9 Å². The van der Waals surface area contributed by atoms with Gasteiger partial charge in [0.25, 0.3) is 20.0 Å². The summed E-state index contributed by atoms with van der Waals surface area (Å²) in [6.07, 6.45) is 1.78. The maximum Gasteiger partial charge on any atom is 0.265 e. The van der Waals surface area contributed by atoms with Crippen molar-refractivity contribution in [2.24, 2.45) is 11.8 Å². The van der Waals surface area contributed by atoms with Crippen LogP contribution in [0.5, 0.6) is 0 Å². The third-order valence-corrected chi connectivity index (χ3v) is 15.8. The number of nitrogens with zero attached hydrogens (tertiary/aromatic N) is 2. The third kappa shape index (κ3) is 8.44. The average molecular weight is 709 g/mol. The Morgan fingerprint density at radius 2 is 0.955 bits per heavy atom. The molecule has 0 aliphatic rings. The molecule has 0 atom stereocenters. The predicted octanol–water partition coefficient (Wildman–Crippen LogP) is 9.44. The number of anilines is 2. The first kappa shape index (κ1) is 34.9. The van der Waals surface area contributed by atoms with E-state index in [-0.39, 0.29) is 21.6 Å². The van der Waals surface area contributed by atoms with Crippen LogP contribution in [0.15, 0.2) is 89.6 Å². The SMILES string of the molecule is CCc1ccc(N(CC(C)C)S(=O)(=O)c2csc(SSc3cc(S(=O)(=O)N(CC(C)C)c4ccc(CC)cc4)cs3)c2)cc1. The summed E-state index contributed by atoms with van der Waals surface area (Å²) in [5.41, 5.74) is 3.63. The second-order valence-electron chi connectivity index (χ2n) is 11.3. The lowest BCUT2D eigenvalue weighted by Crippen LogP contribution is -2.34. The molecule has 12 heteroatoms. The number of aryl methyl sites for hydroxylation is 2. The van der Waals surface area contributed by atoms with Crippen LogP contribution in [-0.2, 0) is 32.9 Å². The van der Waals surface area contributed by atoms with Gasteiger partial charge in [0.1, 0.15) is 0 Å². The molecule has 0 aliphatic carbocycles. The zero-order valence-electron chi connectivity index (χ0n) is 25.9. The van der Waals surface area contributed by atoms with E-state index in [4.69, 9.17) is 0 Å². The highest BCUT2D eigenvalue weighted by atomic mass is 33.1. The summed E-state index contributed by atoms with van der Waals surface area (Å²) in [6.45, 7) is 12.9. The molecule has 0 radical (unpaired) electrons. The summed E-state index contributed by atoms with van der Waals surface area (Å²) < 4.78 is 59.7. The summed E-state index contributed by atoms with van der Waals surface area (Å²) in [5, 5.41) is 3.37. The smallest absolute Gasteiger partial charge is 0.265 e. The summed E-state index contributed by atoms with van der Waals surface area (Å²) in [5.74, 6) is 0.297. The van der Waals surface area contributed by atoms with Crippen molar-refractivity contribution in [1.29, 1.82) is 0 Å².